The van der Waals surface area contributed by atoms with Crippen LogP contribution in [0.3, 0.4) is 0 Å². The number of aryl methyl sites for hydroxylation is 3. The van der Waals surface area contributed by atoms with Crippen molar-refractivity contribution in [3.05, 3.63) is 53.1 Å². The zero-order valence-corrected chi connectivity index (χ0v) is 9.69. The summed E-state index contributed by atoms with van der Waals surface area (Å²) in [6.45, 7) is 3.96. The first-order valence-electron chi connectivity index (χ1n) is 5.19. The van der Waals surface area contributed by atoms with Gasteiger partial charge in [-0.15, -0.1) is 0 Å². The number of nitrogens with zero attached hydrogens (tertiary/aromatic N) is 2. The summed E-state index contributed by atoms with van der Waals surface area (Å²) < 4.78 is 1.74. The Kier molecular flexibility index (Phi) is 2.60. The van der Waals surface area contributed by atoms with E-state index < -0.39 is 0 Å². The Morgan fingerprint density at radius 1 is 1.31 bits per heavy atom. The summed E-state index contributed by atoms with van der Waals surface area (Å²) in [6, 6.07) is 5.82. The minimum atomic E-state index is -0.0231. The Morgan fingerprint density at radius 3 is 2.62 bits per heavy atom. The average Bonchev–Trinajstić information content (AvgIpc) is 2.63. The fraction of sp³-hybridized carbons (Fsp3) is 0.231. The predicted molar refractivity (Wildman–Crippen MR) is 62.6 cm³/mol. The fourth-order valence-corrected chi connectivity index (χ4v) is 1.77. The summed E-state index contributed by atoms with van der Waals surface area (Å²) in [5, 5.41) is 0. The van der Waals surface area contributed by atoms with Crippen LogP contribution < -0.4 is 0 Å². The highest BCUT2D eigenvalue weighted by molar-refractivity contribution is 6.07. The normalized spacial score (nSPS) is 10.4. The molecule has 0 bridgehead atoms. The van der Waals surface area contributed by atoms with E-state index in [1.165, 1.54) is 0 Å². The minimum Gasteiger partial charge on any atom is -0.331 e. The van der Waals surface area contributed by atoms with Gasteiger partial charge >= 0.3 is 0 Å². The molecule has 3 heteroatoms. The number of imidazole rings is 1. The Morgan fingerprint density at radius 2 is 2.06 bits per heavy atom. The van der Waals surface area contributed by atoms with Gasteiger partial charge in [-0.2, -0.15) is 0 Å². The summed E-state index contributed by atoms with van der Waals surface area (Å²) in [5.74, 6) is 0.456. The van der Waals surface area contributed by atoms with Gasteiger partial charge in [0.25, 0.3) is 0 Å². The van der Waals surface area contributed by atoms with Crippen molar-refractivity contribution in [1.82, 2.24) is 9.55 Å². The lowest BCUT2D eigenvalue weighted by Crippen LogP contribution is -2.10. The van der Waals surface area contributed by atoms with Crippen molar-refractivity contribution in [1.29, 1.82) is 0 Å². The van der Waals surface area contributed by atoms with Gasteiger partial charge < -0.3 is 4.57 Å². The van der Waals surface area contributed by atoms with Crippen LogP contribution in [-0.4, -0.2) is 15.3 Å². The molecule has 1 aromatic heterocycles. The van der Waals surface area contributed by atoms with E-state index in [0.717, 1.165) is 16.7 Å². The number of rotatable bonds is 2. The molecule has 0 aliphatic rings. The van der Waals surface area contributed by atoms with Crippen LogP contribution in [0.25, 0.3) is 0 Å². The summed E-state index contributed by atoms with van der Waals surface area (Å²) in [4.78, 5) is 16.2. The number of aromatic nitrogens is 2. The molecule has 0 saturated heterocycles. The first kappa shape index (κ1) is 10.6. The number of benzene rings is 1. The van der Waals surface area contributed by atoms with E-state index in [-0.39, 0.29) is 5.78 Å². The van der Waals surface area contributed by atoms with Crippen molar-refractivity contribution in [2.24, 2.45) is 7.05 Å². The third-order valence-electron chi connectivity index (χ3n) is 2.65. The SMILES string of the molecule is Cc1ccc(C(=O)c2nccn2C)c(C)c1. The molecule has 82 valence electrons. The van der Waals surface area contributed by atoms with Gasteiger partial charge in [0.1, 0.15) is 0 Å². The lowest BCUT2D eigenvalue weighted by Gasteiger charge is -2.05. The van der Waals surface area contributed by atoms with Crippen molar-refractivity contribution in [3.8, 4) is 0 Å². The second-order valence-electron chi connectivity index (χ2n) is 4.01. The van der Waals surface area contributed by atoms with Crippen molar-refractivity contribution in [2.45, 2.75) is 13.8 Å². The van der Waals surface area contributed by atoms with Gasteiger partial charge in [-0.3, -0.25) is 4.79 Å². The van der Waals surface area contributed by atoms with E-state index in [4.69, 9.17) is 0 Å². The zero-order chi connectivity index (χ0) is 11.7. The molecule has 0 amide bonds. The van der Waals surface area contributed by atoms with Gasteiger partial charge in [0.2, 0.25) is 5.78 Å². The monoisotopic (exact) mass is 214 g/mol. The predicted octanol–water partition coefficient (Wildman–Crippen LogP) is 2.27. The van der Waals surface area contributed by atoms with Crippen molar-refractivity contribution in [2.75, 3.05) is 0 Å². The van der Waals surface area contributed by atoms with Crippen LogP contribution in [0.5, 0.6) is 0 Å². The van der Waals surface area contributed by atoms with Crippen LogP contribution in [0.2, 0.25) is 0 Å². The fourth-order valence-electron chi connectivity index (χ4n) is 1.77. The van der Waals surface area contributed by atoms with Gasteiger partial charge in [0.15, 0.2) is 5.82 Å². The Balaban J connectivity index is 2.46. The molecule has 1 aromatic carbocycles. The summed E-state index contributed by atoms with van der Waals surface area (Å²) >= 11 is 0. The zero-order valence-electron chi connectivity index (χ0n) is 9.69. The second-order valence-corrected chi connectivity index (χ2v) is 4.01. The van der Waals surface area contributed by atoms with Crippen LogP contribution in [0, 0.1) is 13.8 Å². The molecule has 0 atom stereocenters. The van der Waals surface area contributed by atoms with E-state index in [2.05, 4.69) is 4.98 Å². The van der Waals surface area contributed by atoms with Crippen LogP contribution >= 0.6 is 0 Å². The quantitative estimate of drug-likeness (QED) is 0.719. The molecule has 1 heterocycles. The average molecular weight is 214 g/mol. The molecule has 0 spiro atoms. The van der Waals surface area contributed by atoms with E-state index in [9.17, 15) is 4.79 Å². The topological polar surface area (TPSA) is 34.9 Å². The molecule has 0 unspecified atom stereocenters. The smallest absolute Gasteiger partial charge is 0.228 e. The van der Waals surface area contributed by atoms with Crippen LogP contribution in [0.4, 0.5) is 0 Å². The molecular formula is C13H14N2O. The standard InChI is InChI=1S/C13H14N2O/c1-9-4-5-11(10(2)8-9)12(16)13-14-6-7-15(13)3/h4-8H,1-3H3. The molecule has 0 fully saturated rings. The third kappa shape index (κ3) is 1.76. The molecule has 0 saturated carbocycles. The molecule has 0 N–H and O–H groups in total. The molecule has 0 aliphatic heterocycles. The highest BCUT2D eigenvalue weighted by Crippen LogP contribution is 2.14. The van der Waals surface area contributed by atoms with E-state index in [0.29, 0.717) is 5.82 Å². The number of carbonyl (C=O) groups excluding carboxylic acids is 1. The van der Waals surface area contributed by atoms with Gasteiger partial charge in [-0.1, -0.05) is 23.8 Å². The van der Waals surface area contributed by atoms with Crippen LogP contribution in [-0.2, 0) is 7.05 Å². The summed E-state index contributed by atoms with van der Waals surface area (Å²) in [7, 11) is 1.82. The highest BCUT2D eigenvalue weighted by atomic mass is 16.1. The first-order chi connectivity index (χ1) is 7.59. The van der Waals surface area contributed by atoms with Crippen molar-refractivity contribution >= 4 is 5.78 Å². The Hall–Kier alpha value is -1.90. The van der Waals surface area contributed by atoms with Gasteiger partial charge in [-0.05, 0) is 19.4 Å². The number of carbonyl (C=O) groups is 1. The summed E-state index contributed by atoms with van der Waals surface area (Å²) in [5.41, 5.74) is 2.88. The van der Waals surface area contributed by atoms with Gasteiger partial charge in [-0.25, -0.2) is 4.98 Å². The van der Waals surface area contributed by atoms with E-state index in [1.54, 1.807) is 17.0 Å². The van der Waals surface area contributed by atoms with Crippen molar-refractivity contribution in [3.63, 3.8) is 0 Å². The Bertz CT molecular complexity index is 541. The molecular weight excluding hydrogens is 200 g/mol. The van der Waals surface area contributed by atoms with Gasteiger partial charge in [0, 0.05) is 25.0 Å². The highest BCUT2D eigenvalue weighted by Gasteiger charge is 2.15. The van der Waals surface area contributed by atoms with E-state index in [1.807, 2.05) is 39.1 Å². The maximum absolute atomic E-state index is 12.2. The van der Waals surface area contributed by atoms with Crippen LogP contribution in [0.1, 0.15) is 27.3 Å². The second kappa shape index (κ2) is 3.93. The third-order valence-corrected chi connectivity index (χ3v) is 2.65. The molecule has 0 aliphatic carbocycles. The summed E-state index contributed by atoms with van der Waals surface area (Å²) in [6.07, 6.45) is 3.41. The molecule has 3 nitrogen and oxygen atoms in total. The van der Waals surface area contributed by atoms with Crippen LogP contribution in [0.15, 0.2) is 30.6 Å². The molecule has 2 rings (SSSR count). The number of hydrogen-bond acceptors (Lipinski definition) is 2. The Labute approximate surface area is 94.7 Å². The first-order valence-corrected chi connectivity index (χ1v) is 5.19. The number of ketones is 1. The maximum Gasteiger partial charge on any atom is 0.228 e. The lowest BCUT2D eigenvalue weighted by atomic mass is 10.0. The maximum atomic E-state index is 12.2. The molecule has 0 radical (unpaired) electrons. The molecule has 2 aromatic rings. The van der Waals surface area contributed by atoms with Gasteiger partial charge in [0.05, 0.1) is 0 Å². The minimum absolute atomic E-state index is 0.0231. The molecule has 16 heavy (non-hydrogen) atoms. The lowest BCUT2D eigenvalue weighted by molar-refractivity contribution is 0.102. The number of hydrogen-bond donors (Lipinski definition) is 0. The largest absolute Gasteiger partial charge is 0.331 e. The van der Waals surface area contributed by atoms with E-state index >= 15 is 0 Å². The van der Waals surface area contributed by atoms with Crippen molar-refractivity contribution < 1.29 is 4.79 Å².